The Balaban J connectivity index is 1.93. The van der Waals surface area contributed by atoms with Crippen molar-refractivity contribution in [3.05, 3.63) is 35.8 Å². The van der Waals surface area contributed by atoms with Crippen molar-refractivity contribution in [3.63, 3.8) is 0 Å². The molecule has 0 unspecified atom stereocenters. The summed E-state index contributed by atoms with van der Waals surface area (Å²) in [6, 6.07) is 3.68. The van der Waals surface area contributed by atoms with Gasteiger partial charge in [-0.1, -0.05) is 0 Å². The summed E-state index contributed by atoms with van der Waals surface area (Å²) < 4.78 is 1.93. The highest BCUT2D eigenvalue weighted by molar-refractivity contribution is 5.99. The molecule has 0 saturated carbocycles. The quantitative estimate of drug-likeness (QED) is 0.902. The molecule has 19 heavy (non-hydrogen) atoms. The predicted molar refractivity (Wildman–Crippen MR) is 73.1 cm³/mol. The van der Waals surface area contributed by atoms with E-state index < -0.39 is 0 Å². The summed E-state index contributed by atoms with van der Waals surface area (Å²) in [5.74, 6) is -0.0936. The summed E-state index contributed by atoms with van der Waals surface area (Å²) in [6.45, 7) is 3.17. The SMILES string of the molecule is CNC(=O)c1cccn2cc(CN3CCCC3)nc12. The summed E-state index contributed by atoms with van der Waals surface area (Å²) >= 11 is 0. The van der Waals surface area contributed by atoms with Crippen molar-refractivity contribution in [1.29, 1.82) is 0 Å². The Labute approximate surface area is 112 Å². The van der Waals surface area contributed by atoms with E-state index in [0.29, 0.717) is 5.56 Å². The van der Waals surface area contributed by atoms with Crippen LogP contribution >= 0.6 is 0 Å². The zero-order chi connectivity index (χ0) is 13.2. The lowest BCUT2D eigenvalue weighted by atomic mass is 10.2. The van der Waals surface area contributed by atoms with Gasteiger partial charge in [0.2, 0.25) is 0 Å². The highest BCUT2D eigenvalue weighted by atomic mass is 16.1. The zero-order valence-corrected chi connectivity index (χ0v) is 11.1. The van der Waals surface area contributed by atoms with E-state index in [1.807, 2.05) is 22.9 Å². The summed E-state index contributed by atoms with van der Waals surface area (Å²) in [6.07, 6.45) is 6.50. The van der Waals surface area contributed by atoms with Gasteiger partial charge in [-0.25, -0.2) is 4.98 Å². The van der Waals surface area contributed by atoms with Crippen LogP contribution in [0.3, 0.4) is 0 Å². The third kappa shape index (κ3) is 2.33. The first-order valence-corrected chi connectivity index (χ1v) is 6.69. The molecule has 3 rings (SSSR count). The molecule has 1 aliphatic rings. The molecule has 2 aromatic heterocycles. The van der Waals surface area contributed by atoms with Crippen molar-refractivity contribution in [1.82, 2.24) is 19.6 Å². The molecule has 0 aliphatic carbocycles. The number of pyridine rings is 1. The van der Waals surface area contributed by atoms with Crippen LogP contribution in [0.1, 0.15) is 28.9 Å². The lowest BCUT2D eigenvalue weighted by Gasteiger charge is -2.11. The molecule has 100 valence electrons. The third-order valence-corrected chi connectivity index (χ3v) is 3.59. The van der Waals surface area contributed by atoms with Gasteiger partial charge in [0.15, 0.2) is 0 Å². The Morgan fingerprint density at radius 3 is 2.95 bits per heavy atom. The lowest BCUT2D eigenvalue weighted by molar-refractivity contribution is 0.0964. The van der Waals surface area contributed by atoms with Crippen LogP contribution in [0.25, 0.3) is 5.65 Å². The highest BCUT2D eigenvalue weighted by Gasteiger charge is 2.15. The smallest absolute Gasteiger partial charge is 0.254 e. The number of amides is 1. The van der Waals surface area contributed by atoms with Gasteiger partial charge in [-0.3, -0.25) is 9.69 Å². The summed E-state index contributed by atoms with van der Waals surface area (Å²) in [5, 5.41) is 2.65. The Morgan fingerprint density at radius 2 is 2.21 bits per heavy atom. The third-order valence-electron chi connectivity index (χ3n) is 3.59. The Hall–Kier alpha value is -1.88. The molecule has 0 bridgehead atoms. The summed E-state index contributed by atoms with van der Waals surface area (Å²) in [4.78, 5) is 18.8. The van der Waals surface area contributed by atoms with Crippen LogP contribution < -0.4 is 5.32 Å². The lowest BCUT2D eigenvalue weighted by Crippen LogP contribution is -2.19. The van der Waals surface area contributed by atoms with Gasteiger partial charge in [-0.05, 0) is 38.1 Å². The molecule has 5 nitrogen and oxygen atoms in total. The Morgan fingerprint density at radius 1 is 1.42 bits per heavy atom. The number of hydrogen-bond donors (Lipinski definition) is 1. The zero-order valence-electron chi connectivity index (χ0n) is 11.1. The number of imidazole rings is 1. The van der Waals surface area contributed by atoms with Crippen LogP contribution in [-0.4, -0.2) is 40.3 Å². The minimum Gasteiger partial charge on any atom is -0.355 e. The second kappa shape index (κ2) is 5.01. The molecule has 0 atom stereocenters. The molecule has 1 amide bonds. The van der Waals surface area contributed by atoms with Crippen LogP contribution in [0.15, 0.2) is 24.5 Å². The molecule has 1 N–H and O–H groups in total. The number of likely N-dealkylation sites (tertiary alicyclic amines) is 1. The first-order valence-electron chi connectivity index (χ1n) is 6.69. The van der Waals surface area contributed by atoms with Crippen molar-refractivity contribution in [2.75, 3.05) is 20.1 Å². The van der Waals surface area contributed by atoms with Gasteiger partial charge in [0.05, 0.1) is 11.3 Å². The van der Waals surface area contributed by atoms with Crippen molar-refractivity contribution < 1.29 is 4.79 Å². The van der Waals surface area contributed by atoms with E-state index >= 15 is 0 Å². The van der Waals surface area contributed by atoms with E-state index in [0.717, 1.165) is 31.0 Å². The number of rotatable bonds is 3. The van der Waals surface area contributed by atoms with E-state index in [4.69, 9.17) is 0 Å². The molecule has 3 heterocycles. The van der Waals surface area contributed by atoms with Crippen LogP contribution in [0, 0.1) is 0 Å². The molecule has 0 radical (unpaired) electrons. The van der Waals surface area contributed by atoms with Gasteiger partial charge in [0, 0.05) is 26.0 Å². The van der Waals surface area contributed by atoms with Crippen LogP contribution in [0.5, 0.6) is 0 Å². The average Bonchev–Trinajstić information content (AvgIpc) is 3.06. The van der Waals surface area contributed by atoms with Gasteiger partial charge in [0.25, 0.3) is 5.91 Å². The number of hydrogen-bond acceptors (Lipinski definition) is 3. The van der Waals surface area contributed by atoms with Crippen molar-refractivity contribution in [2.45, 2.75) is 19.4 Å². The van der Waals surface area contributed by atoms with E-state index in [2.05, 4.69) is 15.2 Å². The number of nitrogens with one attached hydrogen (secondary N) is 1. The number of fused-ring (bicyclic) bond motifs is 1. The Kier molecular flexibility index (Phi) is 3.21. The number of nitrogens with zero attached hydrogens (tertiary/aromatic N) is 3. The second-order valence-corrected chi connectivity index (χ2v) is 4.95. The molecule has 1 aliphatic heterocycles. The van der Waals surface area contributed by atoms with Crippen molar-refractivity contribution in [3.8, 4) is 0 Å². The Bertz CT molecular complexity index is 599. The molecule has 2 aromatic rings. The molecular weight excluding hydrogens is 240 g/mol. The highest BCUT2D eigenvalue weighted by Crippen LogP contribution is 2.15. The van der Waals surface area contributed by atoms with Gasteiger partial charge in [0.1, 0.15) is 5.65 Å². The monoisotopic (exact) mass is 258 g/mol. The topological polar surface area (TPSA) is 49.6 Å². The maximum absolute atomic E-state index is 11.8. The predicted octanol–water partition coefficient (Wildman–Crippen LogP) is 1.29. The number of carbonyl (C=O) groups is 1. The molecule has 1 fully saturated rings. The van der Waals surface area contributed by atoms with E-state index in [1.54, 1.807) is 13.1 Å². The van der Waals surface area contributed by atoms with E-state index in [-0.39, 0.29) is 5.91 Å². The number of carbonyl (C=O) groups excluding carboxylic acids is 1. The van der Waals surface area contributed by atoms with E-state index in [1.165, 1.54) is 12.8 Å². The molecular formula is C14H18N4O. The summed E-state index contributed by atoms with van der Waals surface area (Å²) in [5.41, 5.74) is 2.38. The normalized spacial score (nSPS) is 16.1. The van der Waals surface area contributed by atoms with Crippen molar-refractivity contribution in [2.24, 2.45) is 0 Å². The van der Waals surface area contributed by atoms with Gasteiger partial charge >= 0.3 is 0 Å². The largest absolute Gasteiger partial charge is 0.355 e. The van der Waals surface area contributed by atoms with Crippen LogP contribution in [-0.2, 0) is 6.54 Å². The van der Waals surface area contributed by atoms with Gasteiger partial charge in [-0.15, -0.1) is 0 Å². The van der Waals surface area contributed by atoms with Gasteiger partial charge < -0.3 is 9.72 Å². The second-order valence-electron chi connectivity index (χ2n) is 4.95. The summed E-state index contributed by atoms with van der Waals surface area (Å²) in [7, 11) is 1.64. The minimum absolute atomic E-state index is 0.0936. The molecule has 1 saturated heterocycles. The fourth-order valence-electron chi connectivity index (χ4n) is 2.62. The first kappa shape index (κ1) is 12.2. The van der Waals surface area contributed by atoms with Crippen LogP contribution in [0.2, 0.25) is 0 Å². The maximum Gasteiger partial charge on any atom is 0.254 e. The first-order chi connectivity index (χ1) is 9.28. The standard InChI is InChI=1S/C14H18N4O/c1-15-14(19)12-5-4-8-18-10-11(16-13(12)18)9-17-6-2-3-7-17/h4-5,8,10H,2-3,6-7,9H2,1H3,(H,15,19). The minimum atomic E-state index is -0.0936. The van der Waals surface area contributed by atoms with Crippen LogP contribution in [0.4, 0.5) is 0 Å². The molecule has 0 spiro atoms. The van der Waals surface area contributed by atoms with Crippen molar-refractivity contribution >= 4 is 11.6 Å². The molecule has 5 heteroatoms. The van der Waals surface area contributed by atoms with E-state index in [9.17, 15) is 4.79 Å². The van der Waals surface area contributed by atoms with Gasteiger partial charge in [-0.2, -0.15) is 0 Å². The average molecular weight is 258 g/mol. The maximum atomic E-state index is 11.8. The fraction of sp³-hybridized carbons (Fsp3) is 0.429. The molecule has 0 aromatic carbocycles. The number of aromatic nitrogens is 2. The fourth-order valence-corrected chi connectivity index (χ4v) is 2.62.